The van der Waals surface area contributed by atoms with Crippen LogP contribution in [0.25, 0.3) is 0 Å². The first-order valence-electron chi connectivity index (χ1n) is 3.33. The van der Waals surface area contributed by atoms with Crippen molar-refractivity contribution in [1.29, 1.82) is 0 Å². The molecule has 0 amide bonds. The Hall–Kier alpha value is -1.72. The molecule has 1 aromatic heterocycles. The molecule has 1 aromatic rings. The van der Waals surface area contributed by atoms with E-state index in [1.165, 1.54) is 0 Å². The van der Waals surface area contributed by atoms with Crippen molar-refractivity contribution in [3.05, 3.63) is 20.8 Å². The predicted octanol–water partition coefficient (Wildman–Crippen LogP) is -0.833. The minimum absolute atomic E-state index is 0.239. The van der Waals surface area contributed by atoms with Gasteiger partial charge in [-0.15, -0.1) is 0 Å². The zero-order valence-corrected chi connectivity index (χ0v) is 6.38. The third-order valence-electron chi connectivity index (χ3n) is 1.17. The number of H-pyrrole nitrogens is 2. The van der Waals surface area contributed by atoms with Crippen molar-refractivity contribution in [3.8, 4) is 11.6 Å². The second kappa shape index (κ2) is 3.12. The van der Waals surface area contributed by atoms with Crippen molar-refractivity contribution < 1.29 is 9.84 Å². The van der Waals surface area contributed by atoms with Gasteiger partial charge in [-0.2, -0.15) is 0 Å². The zero-order chi connectivity index (χ0) is 9.14. The van der Waals surface area contributed by atoms with Crippen LogP contribution in [0.2, 0.25) is 0 Å². The van der Waals surface area contributed by atoms with E-state index in [1.807, 2.05) is 9.97 Å². The zero-order valence-electron chi connectivity index (χ0n) is 6.38. The maximum Gasteiger partial charge on any atom is 0.328 e. The molecule has 0 unspecified atom stereocenters. The van der Waals surface area contributed by atoms with Gasteiger partial charge in [-0.3, -0.25) is 14.8 Å². The van der Waals surface area contributed by atoms with Crippen molar-refractivity contribution >= 4 is 0 Å². The van der Waals surface area contributed by atoms with Crippen LogP contribution in [0.3, 0.4) is 0 Å². The van der Waals surface area contributed by atoms with Gasteiger partial charge in [0.2, 0.25) is 11.6 Å². The molecule has 0 saturated carbocycles. The molecule has 0 aliphatic heterocycles. The Bertz CT molecular complexity index is 378. The second-order valence-electron chi connectivity index (χ2n) is 2.02. The number of hydrogen-bond acceptors (Lipinski definition) is 4. The molecular formula is C6H8N2O4. The summed E-state index contributed by atoms with van der Waals surface area (Å²) in [6.45, 7) is 1.90. The minimum atomic E-state index is -0.763. The lowest BCUT2D eigenvalue weighted by Gasteiger charge is -2.01. The number of aromatic nitrogens is 2. The molecule has 6 nitrogen and oxygen atoms in total. The molecular weight excluding hydrogens is 164 g/mol. The fourth-order valence-corrected chi connectivity index (χ4v) is 0.741. The van der Waals surface area contributed by atoms with E-state index in [4.69, 9.17) is 9.84 Å². The highest BCUT2D eigenvalue weighted by Crippen LogP contribution is 2.13. The van der Waals surface area contributed by atoms with Crippen molar-refractivity contribution in [2.45, 2.75) is 6.92 Å². The lowest BCUT2D eigenvalue weighted by Crippen LogP contribution is -2.23. The van der Waals surface area contributed by atoms with E-state index in [-0.39, 0.29) is 12.4 Å². The van der Waals surface area contributed by atoms with E-state index < -0.39 is 17.1 Å². The largest absolute Gasteiger partial charge is 0.492 e. The summed E-state index contributed by atoms with van der Waals surface area (Å²) in [7, 11) is 0. The van der Waals surface area contributed by atoms with Gasteiger partial charge in [0.05, 0.1) is 6.61 Å². The van der Waals surface area contributed by atoms with Crippen LogP contribution in [-0.2, 0) is 0 Å². The third-order valence-corrected chi connectivity index (χ3v) is 1.17. The molecule has 0 aliphatic rings. The third kappa shape index (κ3) is 1.47. The first-order valence-corrected chi connectivity index (χ1v) is 3.33. The summed E-state index contributed by atoms with van der Waals surface area (Å²) in [5.74, 6) is -0.817. The van der Waals surface area contributed by atoms with Crippen LogP contribution in [-0.4, -0.2) is 21.7 Å². The Morgan fingerprint density at radius 1 is 1.42 bits per heavy atom. The van der Waals surface area contributed by atoms with Gasteiger partial charge in [0.15, 0.2) is 0 Å². The summed E-state index contributed by atoms with van der Waals surface area (Å²) in [6.07, 6.45) is 0. The normalized spacial score (nSPS) is 9.75. The van der Waals surface area contributed by atoms with Crippen molar-refractivity contribution in [1.82, 2.24) is 9.97 Å². The van der Waals surface area contributed by atoms with Crippen LogP contribution >= 0.6 is 0 Å². The van der Waals surface area contributed by atoms with Gasteiger partial charge in [0.1, 0.15) is 0 Å². The first-order chi connectivity index (χ1) is 5.65. The van der Waals surface area contributed by atoms with Crippen LogP contribution in [0.1, 0.15) is 6.92 Å². The highest BCUT2D eigenvalue weighted by Gasteiger charge is 2.07. The van der Waals surface area contributed by atoms with E-state index in [1.54, 1.807) is 6.92 Å². The molecule has 0 fully saturated rings. The molecule has 12 heavy (non-hydrogen) atoms. The monoisotopic (exact) mass is 172 g/mol. The molecule has 66 valence electrons. The molecule has 0 radical (unpaired) electrons. The second-order valence-corrected chi connectivity index (χ2v) is 2.02. The number of hydrogen-bond donors (Lipinski definition) is 3. The quantitative estimate of drug-likeness (QED) is 0.542. The van der Waals surface area contributed by atoms with Crippen LogP contribution in [0.5, 0.6) is 11.6 Å². The molecule has 3 N–H and O–H groups in total. The molecule has 1 heterocycles. The van der Waals surface area contributed by atoms with Gasteiger partial charge in [-0.25, -0.2) is 4.79 Å². The molecule has 6 heteroatoms. The van der Waals surface area contributed by atoms with Gasteiger partial charge in [0, 0.05) is 0 Å². The van der Waals surface area contributed by atoms with E-state index >= 15 is 0 Å². The van der Waals surface area contributed by atoms with Gasteiger partial charge >= 0.3 is 5.69 Å². The van der Waals surface area contributed by atoms with Crippen LogP contribution in [0, 0.1) is 0 Å². The van der Waals surface area contributed by atoms with Crippen LogP contribution in [0.15, 0.2) is 9.59 Å². The number of ether oxygens (including phenoxy) is 1. The Morgan fingerprint density at radius 2 is 2.08 bits per heavy atom. The standard InChI is InChI=1S/C6H8N2O4/c1-2-12-3-4(9)7-6(11)8-5(3)10/h2H2,1H3,(H3,7,8,9,10,11). The van der Waals surface area contributed by atoms with Crippen molar-refractivity contribution in [2.24, 2.45) is 0 Å². The molecule has 1 rings (SSSR count). The summed E-state index contributed by atoms with van der Waals surface area (Å²) >= 11 is 0. The molecule has 0 spiro atoms. The Balaban J connectivity index is 3.29. The molecule has 0 bridgehead atoms. The van der Waals surface area contributed by atoms with Crippen molar-refractivity contribution in [3.63, 3.8) is 0 Å². The van der Waals surface area contributed by atoms with Gasteiger partial charge in [-0.05, 0) is 6.92 Å². The predicted molar refractivity (Wildman–Crippen MR) is 40.5 cm³/mol. The Labute approximate surface area is 66.8 Å². The molecule has 0 aliphatic carbocycles. The fourth-order valence-electron chi connectivity index (χ4n) is 0.741. The minimum Gasteiger partial charge on any atom is -0.492 e. The number of nitrogens with one attached hydrogen (secondary N) is 2. The fraction of sp³-hybridized carbons (Fsp3) is 0.333. The van der Waals surface area contributed by atoms with Crippen molar-refractivity contribution in [2.75, 3.05) is 6.61 Å². The Morgan fingerprint density at radius 3 is 2.58 bits per heavy atom. The van der Waals surface area contributed by atoms with E-state index in [2.05, 4.69) is 0 Å². The average Bonchev–Trinajstić information content (AvgIpc) is 1.96. The number of aromatic amines is 2. The Kier molecular flexibility index (Phi) is 2.18. The summed E-state index contributed by atoms with van der Waals surface area (Å²) in [5.41, 5.74) is -1.50. The summed E-state index contributed by atoms with van der Waals surface area (Å²) in [4.78, 5) is 25.3. The SMILES string of the molecule is CCOc1c(O)[nH]c(=O)[nH]c1=O. The molecule has 0 atom stereocenters. The summed E-state index contributed by atoms with van der Waals surface area (Å²) < 4.78 is 4.76. The highest BCUT2D eigenvalue weighted by molar-refractivity contribution is 5.27. The number of aromatic hydroxyl groups is 1. The number of rotatable bonds is 2. The first kappa shape index (κ1) is 8.38. The van der Waals surface area contributed by atoms with Gasteiger partial charge in [-0.1, -0.05) is 0 Å². The van der Waals surface area contributed by atoms with Crippen LogP contribution < -0.4 is 16.0 Å². The van der Waals surface area contributed by atoms with Gasteiger partial charge < -0.3 is 9.84 Å². The van der Waals surface area contributed by atoms with Gasteiger partial charge in [0.25, 0.3) is 5.56 Å². The average molecular weight is 172 g/mol. The molecule has 0 saturated heterocycles. The highest BCUT2D eigenvalue weighted by atomic mass is 16.5. The summed E-state index contributed by atoms with van der Waals surface area (Å²) in [6, 6.07) is 0. The lowest BCUT2D eigenvalue weighted by atomic mass is 10.5. The maximum absolute atomic E-state index is 10.9. The molecule has 0 aromatic carbocycles. The topological polar surface area (TPSA) is 95.2 Å². The van der Waals surface area contributed by atoms with E-state index in [0.29, 0.717) is 0 Å². The van der Waals surface area contributed by atoms with Crippen LogP contribution in [0.4, 0.5) is 0 Å². The maximum atomic E-state index is 10.9. The van der Waals surface area contributed by atoms with E-state index in [0.717, 1.165) is 0 Å². The van der Waals surface area contributed by atoms with E-state index in [9.17, 15) is 9.59 Å². The summed E-state index contributed by atoms with van der Waals surface area (Å²) in [5, 5.41) is 9.00. The smallest absolute Gasteiger partial charge is 0.328 e. The lowest BCUT2D eigenvalue weighted by molar-refractivity contribution is 0.305.